The Bertz CT molecular complexity index is 1960. The minimum absolute atomic E-state index is 0.0125. The molecule has 5 unspecified atom stereocenters. The quantitative estimate of drug-likeness (QED) is 0.0854. The van der Waals surface area contributed by atoms with E-state index in [-0.39, 0.29) is 5.41 Å². The molecule has 1 saturated carbocycles. The molecule has 5 rings (SSSR count). The van der Waals surface area contributed by atoms with E-state index in [1.165, 1.54) is 16.7 Å². The second kappa shape index (κ2) is 16.7. The summed E-state index contributed by atoms with van der Waals surface area (Å²) in [7, 11) is 0. The first-order valence-corrected chi connectivity index (χ1v) is 18.8. The Morgan fingerprint density at radius 3 is 1.35 bits per heavy atom. The first kappa shape index (κ1) is 39.7. The molecule has 0 bridgehead atoms. The molecule has 0 saturated heterocycles. The van der Waals surface area contributed by atoms with Crippen LogP contribution < -0.4 is 10.6 Å². The van der Waals surface area contributed by atoms with Gasteiger partial charge in [0.2, 0.25) is 11.8 Å². The van der Waals surface area contributed by atoms with Gasteiger partial charge in [0.1, 0.15) is 0 Å². The molecule has 1 fully saturated rings. The number of anilines is 1. The highest BCUT2D eigenvalue weighted by atomic mass is 16.4. The summed E-state index contributed by atoms with van der Waals surface area (Å²) in [6.07, 6.45) is 5.75. The zero-order chi connectivity index (χ0) is 39.2. The average molecular weight is 729 g/mol. The molecule has 0 aromatic heterocycles. The van der Waals surface area contributed by atoms with E-state index in [0.717, 1.165) is 35.1 Å². The van der Waals surface area contributed by atoms with E-state index in [1.807, 2.05) is 39.0 Å². The molecule has 4 aromatic rings. The molecule has 4 aromatic carbocycles. The Balaban J connectivity index is 1.19. The number of carbonyl (C=O) groups is 4. The molecule has 8 nitrogen and oxygen atoms in total. The van der Waals surface area contributed by atoms with Gasteiger partial charge in [0.25, 0.3) is 0 Å². The minimum atomic E-state index is -1.52. The highest BCUT2D eigenvalue weighted by molar-refractivity contribution is 6.04. The highest BCUT2D eigenvalue weighted by Crippen LogP contribution is 2.48. The van der Waals surface area contributed by atoms with E-state index < -0.39 is 53.0 Å². The van der Waals surface area contributed by atoms with Gasteiger partial charge in [0.05, 0.1) is 23.7 Å². The summed E-state index contributed by atoms with van der Waals surface area (Å²) in [5.41, 5.74) is 8.01. The van der Waals surface area contributed by atoms with Gasteiger partial charge < -0.3 is 20.8 Å². The van der Waals surface area contributed by atoms with Crippen LogP contribution in [-0.4, -0.2) is 39.5 Å². The maximum atomic E-state index is 13.4. The number of aliphatic carboxylic acids is 2. The maximum absolute atomic E-state index is 13.4. The van der Waals surface area contributed by atoms with Crippen molar-refractivity contribution in [3.63, 3.8) is 0 Å². The van der Waals surface area contributed by atoms with Gasteiger partial charge in [-0.1, -0.05) is 119 Å². The van der Waals surface area contributed by atoms with Crippen molar-refractivity contribution in [2.45, 2.75) is 77.7 Å². The van der Waals surface area contributed by atoms with Gasteiger partial charge in [-0.2, -0.15) is 0 Å². The lowest BCUT2D eigenvalue weighted by atomic mass is 9.55. The Morgan fingerprint density at radius 2 is 0.981 bits per heavy atom. The molecule has 1 aliphatic carbocycles. The normalized spacial score (nSPS) is 19.1. The van der Waals surface area contributed by atoms with E-state index in [1.54, 1.807) is 12.1 Å². The van der Waals surface area contributed by atoms with Crippen LogP contribution in [0.1, 0.15) is 81.7 Å². The molecule has 0 spiro atoms. The Kier molecular flexibility index (Phi) is 12.3. The monoisotopic (exact) mass is 728 g/mol. The van der Waals surface area contributed by atoms with Crippen molar-refractivity contribution in [3.8, 4) is 11.1 Å². The van der Waals surface area contributed by atoms with Crippen LogP contribution in [0.15, 0.2) is 110 Å². The van der Waals surface area contributed by atoms with Gasteiger partial charge in [-0.25, -0.2) is 0 Å². The molecule has 5 atom stereocenters. The first-order valence-electron chi connectivity index (χ1n) is 18.8. The molecular weight excluding hydrogens is 677 g/mol. The molecule has 8 heteroatoms. The third kappa shape index (κ3) is 8.65. The second-order valence-corrected chi connectivity index (χ2v) is 15.1. The number of rotatable bonds is 16. The van der Waals surface area contributed by atoms with E-state index in [0.29, 0.717) is 24.9 Å². The van der Waals surface area contributed by atoms with Crippen LogP contribution in [0.5, 0.6) is 0 Å². The van der Waals surface area contributed by atoms with Crippen LogP contribution in [0.4, 0.5) is 5.69 Å². The lowest BCUT2D eigenvalue weighted by Gasteiger charge is -2.46. The topological polar surface area (TPSA) is 133 Å². The predicted octanol–water partition coefficient (Wildman–Crippen LogP) is 8.67. The molecule has 1 aliphatic rings. The van der Waals surface area contributed by atoms with Crippen molar-refractivity contribution in [1.82, 2.24) is 5.32 Å². The maximum Gasteiger partial charge on any atom is 0.308 e. The molecule has 0 aliphatic heterocycles. The van der Waals surface area contributed by atoms with E-state index in [4.69, 9.17) is 0 Å². The number of amides is 2. The standard InChI is InChI=1S/C46H52N2O6/c1-7-45(5,8-2)35-23-15-31(16-24-35)27-29-11-19-33(20-12-29)34-21-13-30(14-22-34)28-32-17-25-36(26-18-32)47-41(49)37-38(40(44(53)54)39(37)43(51)52)42(50)48-46(6,9-3)10-4/h7,11-26,37-40H,1,8-10,27-28H2,2-6H3,(H,47,49)(H,48,50)(H,51,52)(H,53,54). The van der Waals surface area contributed by atoms with Gasteiger partial charge >= 0.3 is 11.9 Å². The van der Waals surface area contributed by atoms with Gasteiger partial charge in [0.15, 0.2) is 0 Å². The van der Waals surface area contributed by atoms with E-state index in [2.05, 4.69) is 104 Å². The number of benzene rings is 4. The van der Waals surface area contributed by atoms with Gasteiger partial charge in [-0.05, 0) is 90.1 Å². The number of carboxylic acids is 2. The van der Waals surface area contributed by atoms with Crippen molar-refractivity contribution in [2.75, 3.05) is 5.32 Å². The zero-order valence-corrected chi connectivity index (χ0v) is 31.9. The third-order valence-corrected chi connectivity index (χ3v) is 11.8. The van der Waals surface area contributed by atoms with Crippen molar-refractivity contribution >= 4 is 29.4 Å². The summed E-state index contributed by atoms with van der Waals surface area (Å²) in [6.45, 7) is 14.1. The zero-order valence-electron chi connectivity index (χ0n) is 31.9. The molecule has 54 heavy (non-hydrogen) atoms. The lowest BCUT2D eigenvalue weighted by molar-refractivity contribution is -0.180. The molecule has 2 amide bonds. The smallest absolute Gasteiger partial charge is 0.308 e. The van der Waals surface area contributed by atoms with Crippen LogP contribution in [-0.2, 0) is 37.4 Å². The van der Waals surface area contributed by atoms with Crippen molar-refractivity contribution in [1.29, 1.82) is 0 Å². The van der Waals surface area contributed by atoms with Gasteiger partial charge in [-0.15, -0.1) is 6.58 Å². The van der Waals surface area contributed by atoms with E-state index >= 15 is 0 Å². The van der Waals surface area contributed by atoms with Crippen LogP contribution in [0.25, 0.3) is 11.1 Å². The average Bonchev–Trinajstić information content (AvgIpc) is 3.15. The summed E-state index contributed by atoms with van der Waals surface area (Å²) in [5, 5.41) is 25.3. The van der Waals surface area contributed by atoms with Gasteiger partial charge in [-0.3, -0.25) is 19.2 Å². The molecular formula is C46H52N2O6. The molecule has 4 N–H and O–H groups in total. The highest BCUT2D eigenvalue weighted by Gasteiger charge is 2.64. The summed E-state index contributed by atoms with van der Waals surface area (Å²) < 4.78 is 0. The van der Waals surface area contributed by atoms with Crippen molar-refractivity contribution in [3.05, 3.63) is 138 Å². The number of carbonyl (C=O) groups excluding carboxylic acids is 2. The van der Waals surface area contributed by atoms with Crippen LogP contribution in [0.3, 0.4) is 0 Å². The Labute approximate surface area is 318 Å². The molecule has 0 radical (unpaired) electrons. The number of allylic oxidation sites excluding steroid dienone is 1. The second-order valence-electron chi connectivity index (χ2n) is 15.1. The van der Waals surface area contributed by atoms with Crippen molar-refractivity contribution in [2.24, 2.45) is 23.7 Å². The number of hydrogen-bond donors (Lipinski definition) is 4. The first-order chi connectivity index (χ1) is 25.7. The summed E-state index contributed by atoms with van der Waals surface area (Å²) in [4.78, 5) is 50.9. The number of nitrogens with one attached hydrogen (secondary N) is 2. The SMILES string of the molecule is C=CC(C)(CC)c1ccc(Cc2ccc(-c3ccc(Cc4ccc(NC(=O)C5C(C(=O)O)C(C(=O)O)C5C(=O)NC(C)(CC)CC)cc4)cc3)cc2)cc1. The summed E-state index contributed by atoms with van der Waals surface area (Å²) in [6, 6.07) is 33.1. The fourth-order valence-electron chi connectivity index (χ4n) is 7.32. The Hall–Kier alpha value is -5.50. The van der Waals surface area contributed by atoms with Crippen LogP contribution in [0, 0.1) is 23.7 Å². The fraction of sp³-hybridized carbons (Fsp3) is 0.348. The largest absolute Gasteiger partial charge is 0.481 e. The lowest BCUT2D eigenvalue weighted by Crippen LogP contribution is -2.64. The van der Waals surface area contributed by atoms with Gasteiger partial charge in [0, 0.05) is 16.6 Å². The van der Waals surface area contributed by atoms with Crippen LogP contribution in [0.2, 0.25) is 0 Å². The predicted molar refractivity (Wildman–Crippen MR) is 213 cm³/mol. The Morgan fingerprint density at radius 1 is 0.593 bits per heavy atom. The van der Waals surface area contributed by atoms with Crippen molar-refractivity contribution < 1.29 is 29.4 Å². The molecule has 0 heterocycles. The molecule has 282 valence electrons. The minimum Gasteiger partial charge on any atom is -0.481 e. The fourth-order valence-corrected chi connectivity index (χ4v) is 7.32. The number of hydrogen-bond acceptors (Lipinski definition) is 4. The summed E-state index contributed by atoms with van der Waals surface area (Å²) in [5.74, 6) is -9.78. The number of carboxylic acid groups (broad SMARTS) is 2. The summed E-state index contributed by atoms with van der Waals surface area (Å²) >= 11 is 0. The van der Waals surface area contributed by atoms with E-state index in [9.17, 15) is 29.4 Å². The van der Waals surface area contributed by atoms with Crippen LogP contribution >= 0.6 is 0 Å². The third-order valence-electron chi connectivity index (χ3n) is 11.8.